The maximum atomic E-state index is 13.2. The third-order valence-corrected chi connectivity index (χ3v) is 8.91. The van der Waals surface area contributed by atoms with Crippen molar-refractivity contribution in [3.05, 3.63) is 28.8 Å². The van der Waals surface area contributed by atoms with Crippen LogP contribution < -0.4 is 5.32 Å². The SMILES string of the molecule is CC(C)C(=O)C12CCC(C(=O)NC3C(C)(C)CC3(C)C)(CC1)CC2.N#Cc1ccc(O)cc1Cl. The average Bonchev–Trinajstić information content (AvgIpc) is 2.77. The first kappa shape index (κ1) is 26.5. The Morgan fingerprint density at radius 2 is 1.53 bits per heavy atom. The number of hydrogen-bond donors (Lipinski definition) is 2. The lowest BCUT2D eigenvalue weighted by atomic mass is 9.50. The van der Waals surface area contributed by atoms with E-state index in [1.54, 1.807) is 0 Å². The van der Waals surface area contributed by atoms with Crippen molar-refractivity contribution in [3.63, 3.8) is 0 Å². The Kier molecular flexibility index (Phi) is 7.17. The predicted molar refractivity (Wildman–Crippen MR) is 134 cm³/mol. The number of aromatic hydroxyl groups is 1. The van der Waals surface area contributed by atoms with Gasteiger partial charge in [0.25, 0.3) is 0 Å². The molecule has 0 radical (unpaired) electrons. The van der Waals surface area contributed by atoms with Crippen molar-refractivity contribution in [1.82, 2.24) is 5.32 Å². The summed E-state index contributed by atoms with van der Waals surface area (Å²) in [5.41, 5.74) is 0.429. The molecule has 1 amide bonds. The van der Waals surface area contributed by atoms with Crippen LogP contribution in [-0.4, -0.2) is 22.8 Å². The zero-order valence-corrected chi connectivity index (χ0v) is 22.2. The topological polar surface area (TPSA) is 90.2 Å². The fourth-order valence-corrected chi connectivity index (χ4v) is 7.30. The van der Waals surface area contributed by atoms with Crippen molar-refractivity contribution in [1.29, 1.82) is 5.26 Å². The standard InChI is InChI=1S/C21H35NO2.C7H4ClNO/c1-14(2)15(23)20-7-10-21(11-8-20,12-9-20)17(24)22-16-18(3,4)13-19(16,5)6;8-7-3-6(10)2-1-5(7)4-9/h14,16H,7-13H2,1-6H3,(H,22,24);1-3,10H. The van der Waals surface area contributed by atoms with Crippen LogP contribution in [0, 0.1) is 38.9 Å². The number of rotatable bonds is 4. The Balaban J connectivity index is 0.000000271. The van der Waals surface area contributed by atoms with Gasteiger partial charge in [-0.3, -0.25) is 9.59 Å². The molecule has 4 saturated carbocycles. The first-order valence-electron chi connectivity index (χ1n) is 12.4. The molecule has 0 spiro atoms. The molecule has 0 aliphatic heterocycles. The second-order valence-electron chi connectivity index (χ2n) is 12.4. The van der Waals surface area contributed by atoms with Crippen molar-refractivity contribution in [2.45, 2.75) is 92.5 Å². The minimum atomic E-state index is -0.208. The molecule has 5 nitrogen and oxygen atoms in total. The highest BCUT2D eigenvalue weighted by molar-refractivity contribution is 6.31. The molecule has 5 rings (SSSR count). The van der Waals surface area contributed by atoms with Crippen LogP contribution in [0.25, 0.3) is 0 Å². The lowest BCUT2D eigenvalue weighted by Gasteiger charge is -2.59. The number of nitriles is 1. The fourth-order valence-electron chi connectivity index (χ4n) is 7.08. The lowest BCUT2D eigenvalue weighted by Crippen LogP contribution is -2.66. The molecule has 0 unspecified atom stereocenters. The van der Waals surface area contributed by atoms with Gasteiger partial charge >= 0.3 is 0 Å². The number of nitrogens with one attached hydrogen (secondary N) is 1. The number of phenolic OH excluding ortho intramolecular Hbond substituents is 1. The Morgan fingerprint density at radius 1 is 1.03 bits per heavy atom. The maximum absolute atomic E-state index is 13.2. The first-order chi connectivity index (χ1) is 15.7. The van der Waals surface area contributed by atoms with E-state index in [0.717, 1.165) is 44.9 Å². The van der Waals surface area contributed by atoms with Crippen LogP contribution in [-0.2, 0) is 9.59 Å². The summed E-state index contributed by atoms with van der Waals surface area (Å²) in [5, 5.41) is 20.9. The zero-order valence-electron chi connectivity index (χ0n) is 21.4. The molecular formula is C28H39ClN2O3. The van der Waals surface area contributed by atoms with Crippen LogP contribution in [0.1, 0.15) is 92.1 Å². The molecule has 4 aliphatic carbocycles. The monoisotopic (exact) mass is 486 g/mol. The lowest BCUT2D eigenvalue weighted by molar-refractivity contribution is -0.155. The van der Waals surface area contributed by atoms with E-state index >= 15 is 0 Å². The van der Waals surface area contributed by atoms with Crippen molar-refractivity contribution in [2.24, 2.45) is 27.6 Å². The van der Waals surface area contributed by atoms with Gasteiger partial charge in [-0.1, -0.05) is 53.1 Å². The van der Waals surface area contributed by atoms with E-state index in [9.17, 15) is 9.59 Å². The van der Waals surface area contributed by atoms with E-state index in [4.69, 9.17) is 22.0 Å². The summed E-state index contributed by atoms with van der Waals surface area (Å²) in [7, 11) is 0. The minimum absolute atomic E-state index is 0.0731. The van der Waals surface area contributed by atoms with E-state index in [0.29, 0.717) is 11.3 Å². The molecule has 1 aromatic carbocycles. The van der Waals surface area contributed by atoms with Gasteiger partial charge < -0.3 is 10.4 Å². The number of phenols is 1. The van der Waals surface area contributed by atoms with E-state index in [-0.39, 0.29) is 50.3 Å². The van der Waals surface area contributed by atoms with Crippen LogP contribution in [0.3, 0.4) is 0 Å². The molecule has 6 heteroatoms. The van der Waals surface area contributed by atoms with Gasteiger partial charge in [0.05, 0.1) is 10.6 Å². The number of hydrogen-bond acceptors (Lipinski definition) is 4. The van der Waals surface area contributed by atoms with Gasteiger partial charge in [-0.2, -0.15) is 5.26 Å². The highest BCUT2D eigenvalue weighted by atomic mass is 35.5. The molecule has 2 N–H and O–H groups in total. The number of ketones is 1. The summed E-state index contributed by atoms with van der Waals surface area (Å²) in [6.07, 6.45) is 6.57. The summed E-state index contributed by atoms with van der Waals surface area (Å²) >= 11 is 5.55. The smallest absolute Gasteiger partial charge is 0.226 e. The molecule has 1 aromatic rings. The highest BCUT2D eigenvalue weighted by Crippen LogP contribution is 2.59. The van der Waals surface area contributed by atoms with Crippen LogP contribution in [0.4, 0.5) is 0 Å². The van der Waals surface area contributed by atoms with Crippen LogP contribution in [0.2, 0.25) is 5.02 Å². The summed E-state index contributed by atoms with van der Waals surface area (Å²) in [5.74, 6) is 0.876. The molecule has 4 fully saturated rings. The predicted octanol–water partition coefficient (Wildman–Crippen LogP) is 6.41. The molecule has 4 aliphatic rings. The third-order valence-electron chi connectivity index (χ3n) is 8.60. The number of nitrogens with zero attached hydrogens (tertiary/aromatic N) is 1. The summed E-state index contributed by atoms with van der Waals surface area (Å²) < 4.78 is 0. The largest absolute Gasteiger partial charge is 0.508 e. The normalized spacial score (nSPS) is 28.8. The molecule has 186 valence electrons. The van der Waals surface area contributed by atoms with E-state index in [1.807, 2.05) is 19.9 Å². The Hall–Kier alpha value is -2.06. The number of fused-ring (bicyclic) bond motifs is 3. The van der Waals surface area contributed by atoms with Gasteiger partial charge in [-0.25, -0.2) is 0 Å². The number of halogens is 1. The Labute approximate surface area is 209 Å². The van der Waals surface area contributed by atoms with Gasteiger partial charge in [0.2, 0.25) is 5.91 Å². The molecular weight excluding hydrogens is 448 g/mol. The number of carbonyl (C=O) groups excluding carboxylic acids is 2. The zero-order chi connectivity index (χ0) is 25.5. The quantitative estimate of drug-likeness (QED) is 0.514. The summed E-state index contributed by atoms with van der Waals surface area (Å²) in [6, 6.07) is 6.37. The Morgan fingerprint density at radius 3 is 1.94 bits per heavy atom. The van der Waals surface area contributed by atoms with E-state index in [2.05, 4.69) is 33.0 Å². The second-order valence-corrected chi connectivity index (χ2v) is 12.8. The average molecular weight is 487 g/mol. The van der Waals surface area contributed by atoms with Crippen LogP contribution in [0.15, 0.2) is 18.2 Å². The Bertz CT molecular complexity index is 967. The molecule has 34 heavy (non-hydrogen) atoms. The number of benzene rings is 1. The summed E-state index contributed by atoms with van der Waals surface area (Å²) in [6.45, 7) is 13.1. The van der Waals surface area contributed by atoms with E-state index in [1.165, 1.54) is 18.2 Å². The number of amides is 1. The second kappa shape index (κ2) is 9.19. The number of carbonyl (C=O) groups is 2. The van der Waals surface area contributed by atoms with Gasteiger partial charge in [-0.15, -0.1) is 0 Å². The highest BCUT2D eigenvalue weighted by Gasteiger charge is 2.58. The van der Waals surface area contributed by atoms with Gasteiger partial charge in [-0.05, 0) is 74.0 Å². The van der Waals surface area contributed by atoms with Crippen molar-refractivity contribution in [2.75, 3.05) is 0 Å². The third kappa shape index (κ3) is 4.85. The molecule has 0 atom stereocenters. The van der Waals surface area contributed by atoms with Gasteiger partial charge in [0.15, 0.2) is 0 Å². The molecule has 0 saturated heterocycles. The molecule has 0 aromatic heterocycles. The van der Waals surface area contributed by atoms with Crippen molar-refractivity contribution >= 4 is 23.3 Å². The van der Waals surface area contributed by atoms with Crippen molar-refractivity contribution in [3.8, 4) is 11.8 Å². The summed E-state index contributed by atoms with van der Waals surface area (Å²) in [4.78, 5) is 25.8. The number of Topliss-reactive ketones (excluding diaryl/α,β-unsaturated/α-hetero) is 1. The van der Waals surface area contributed by atoms with E-state index < -0.39 is 0 Å². The maximum Gasteiger partial charge on any atom is 0.226 e. The molecule has 2 bridgehead atoms. The first-order valence-corrected chi connectivity index (χ1v) is 12.8. The van der Waals surface area contributed by atoms with Gasteiger partial charge in [0.1, 0.15) is 17.6 Å². The van der Waals surface area contributed by atoms with Crippen LogP contribution in [0.5, 0.6) is 5.75 Å². The van der Waals surface area contributed by atoms with Crippen LogP contribution >= 0.6 is 11.6 Å². The molecule has 0 heterocycles. The fraction of sp³-hybridized carbons (Fsp3) is 0.679. The van der Waals surface area contributed by atoms with Crippen molar-refractivity contribution < 1.29 is 14.7 Å². The minimum Gasteiger partial charge on any atom is -0.508 e. The van der Waals surface area contributed by atoms with Gasteiger partial charge in [0, 0.05) is 22.8 Å².